The van der Waals surface area contributed by atoms with Gasteiger partial charge in [0.1, 0.15) is 0 Å². The minimum atomic E-state index is -0.712. The van der Waals surface area contributed by atoms with E-state index in [4.69, 9.17) is 0 Å². The summed E-state index contributed by atoms with van der Waals surface area (Å²) in [5.41, 5.74) is 1.45. The second-order valence-corrected chi connectivity index (χ2v) is 2.94. The second-order valence-electron chi connectivity index (χ2n) is 2.94. The van der Waals surface area contributed by atoms with Crippen molar-refractivity contribution in [2.45, 2.75) is 6.92 Å². The van der Waals surface area contributed by atoms with Crippen molar-refractivity contribution in [1.82, 2.24) is 0 Å². The van der Waals surface area contributed by atoms with Gasteiger partial charge in [0.05, 0.1) is 7.11 Å². The largest absolute Gasteiger partial charge is 0.459 e. The van der Waals surface area contributed by atoms with E-state index < -0.39 is 5.97 Å². The third-order valence-corrected chi connectivity index (χ3v) is 1.74. The molecule has 3 nitrogen and oxygen atoms in total. The van der Waals surface area contributed by atoms with Crippen molar-refractivity contribution in [2.24, 2.45) is 0 Å². The lowest BCUT2D eigenvalue weighted by Gasteiger charge is -1.94. The highest BCUT2D eigenvalue weighted by atomic mass is 16.5. The fraction of sp³-hybridized carbons (Fsp3) is 0.167. The Hall–Kier alpha value is -2.08. The van der Waals surface area contributed by atoms with Crippen LogP contribution < -0.4 is 0 Å². The van der Waals surface area contributed by atoms with E-state index in [0.717, 1.165) is 5.56 Å². The highest BCUT2D eigenvalue weighted by Crippen LogP contribution is 2.03. The smallest absolute Gasteiger partial charge is 0.384 e. The second kappa shape index (κ2) is 4.97. The Kier molecular flexibility index (Phi) is 3.64. The van der Waals surface area contributed by atoms with Crippen LogP contribution in [0.3, 0.4) is 0 Å². The summed E-state index contributed by atoms with van der Waals surface area (Å²) in [6.07, 6.45) is 0. The molecule has 0 unspecified atom stereocenters. The Morgan fingerprint density at radius 1 is 1.27 bits per heavy atom. The molecule has 0 heterocycles. The molecule has 0 saturated heterocycles. The molecule has 0 atom stereocenters. The van der Waals surface area contributed by atoms with E-state index >= 15 is 0 Å². The van der Waals surface area contributed by atoms with Gasteiger partial charge in [-0.2, -0.15) is 0 Å². The number of rotatable bonds is 1. The van der Waals surface area contributed by atoms with Crippen LogP contribution in [0.5, 0.6) is 0 Å². The Bertz CT molecular complexity index is 449. The van der Waals surface area contributed by atoms with Gasteiger partial charge in [-0.1, -0.05) is 23.8 Å². The first-order chi connectivity index (χ1) is 7.13. The number of aryl methyl sites for hydroxylation is 1. The molecule has 15 heavy (non-hydrogen) atoms. The summed E-state index contributed by atoms with van der Waals surface area (Å²) < 4.78 is 4.30. The number of carbonyl (C=O) groups is 2. The van der Waals surface area contributed by atoms with Gasteiger partial charge in [0, 0.05) is 11.5 Å². The van der Waals surface area contributed by atoms with Crippen molar-refractivity contribution in [3.63, 3.8) is 0 Å². The third-order valence-electron chi connectivity index (χ3n) is 1.74. The van der Waals surface area contributed by atoms with Crippen LogP contribution in [0.1, 0.15) is 15.9 Å². The fourth-order valence-electron chi connectivity index (χ4n) is 1.02. The maximum atomic E-state index is 11.4. The molecule has 1 aromatic rings. The number of ether oxygens (including phenoxy) is 1. The summed E-state index contributed by atoms with van der Waals surface area (Å²) in [5.74, 6) is 3.21. The molecule has 0 radical (unpaired) electrons. The Balaban J connectivity index is 2.85. The molecular formula is C12H10O3. The Labute approximate surface area is 88.1 Å². The van der Waals surface area contributed by atoms with Crippen LogP contribution in [-0.4, -0.2) is 18.9 Å². The molecule has 1 aromatic carbocycles. The number of carbonyl (C=O) groups excluding carboxylic acids is 2. The van der Waals surface area contributed by atoms with Crippen LogP contribution >= 0.6 is 0 Å². The van der Waals surface area contributed by atoms with Crippen molar-refractivity contribution in [2.75, 3.05) is 7.11 Å². The predicted molar refractivity (Wildman–Crippen MR) is 55.3 cm³/mol. The first-order valence-corrected chi connectivity index (χ1v) is 4.34. The SMILES string of the molecule is COC(=O)C#CC(=O)c1cccc(C)c1. The molecule has 0 bridgehead atoms. The van der Waals surface area contributed by atoms with E-state index in [-0.39, 0.29) is 5.78 Å². The van der Waals surface area contributed by atoms with Crippen LogP contribution in [0.4, 0.5) is 0 Å². The average Bonchev–Trinajstić information content (AvgIpc) is 2.25. The molecule has 0 fully saturated rings. The molecule has 0 saturated carbocycles. The highest BCUT2D eigenvalue weighted by molar-refractivity contribution is 6.11. The summed E-state index contributed by atoms with van der Waals surface area (Å²) in [6, 6.07) is 7.02. The van der Waals surface area contributed by atoms with Crippen molar-refractivity contribution in [3.8, 4) is 11.8 Å². The topological polar surface area (TPSA) is 43.4 Å². The van der Waals surface area contributed by atoms with E-state index in [1.165, 1.54) is 7.11 Å². The molecule has 0 amide bonds. The van der Waals surface area contributed by atoms with Gasteiger partial charge in [-0.3, -0.25) is 4.79 Å². The Morgan fingerprint density at radius 3 is 2.60 bits per heavy atom. The Morgan fingerprint density at radius 2 is 2.00 bits per heavy atom. The number of benzene rings is 1. The fourth-order valence-corrected chi connectivity index (χ4v) is 1.02. The quantitative estimate of drug-likeness (QED) is 0.227. The maximum Gasteiger partial charge on any atom is 0.384 e. The van der Waals surface area contributed by atoms with Crippen molar-refractivity contribution in [3.05, 3.63) is 35.4 Å². The molecular weight excluding hydrogens is 192 g/mol. The molecule has 0 aliphatic rings. The van der Waals surface area contributed by atoms with Gasteiger partial charge in [0.2, 0.25) is 5.78 Å². The number of methoxy groups -OCH3 is 1. The van der Waals surface area contributed by atoms with Gasteiger partial charge < -0.3 is 4.74 Å². The van der Waals surface area contributed by atoms with Gasteiger partial charge in [-0.25, -0.2) is 4.79 Å². The van der Waals surface area contributed by atoms with Crippen LogP contribution in [-0.2, 0) is 9.53 Å². The molecule has 76 valence electrons. The van der Waals surface area contributed by atoms with Gasteiger partial charge >= 0.3 is 5.97 Å². The maximum absolute atomic E-state index is 11.4. The van der Waals surface area contributed by atoms with E-state index in [0.29, 0.717) is 5.56 Å². The van der Waals surface area contributed by atoms with E-state index in [2.05, 4.69) is 16.6 Å². The monoisotopic (exact) mass is 202 g/mol. The summed E-state index contributed by atoms with van der Waals surface area (Å²) in [5, 5.41) is 0. The minimum Gasteiger partial charge on any atom is -0.459 e. The van der Waals surface area contributed by atoms with Gasteiger partial charge in [0.15, 0.2) is 0 Å². The van der Waals surface area contributed by atoms with Gasteiger partial charge in [-0.05, 0) is 18.9 Å². The zero-order valence-electron chi connectivity index (χ0n) is 8.53. The number of esters is 1. The zero-order valence-corrected chi connectivity index (χ0v) is 8.53. The predicted octanol–water partition coefficient (Wildman–Crippen LogP) is 1.35. The van der Waals surface area contributed by atoms with Crippen LogP contribution in [0.2, 0.25) is 0 Å². The summed E-state index contributed by atoms with van der Waals surface area (Å²) in [4.78, 5) is 22.1. The third kappa shape index (κ3) is 3.28. The lowest BCUT2D eigenvalue weighted by atomic mass is 10.1. The summed E-state index contributed by atoms with van der Waals surface area (Å²) in [7, 11) is 1.22. The van der Waals surface area contributed by atoms with Crippen molar-refractivity contribution >= 4 is 11.8 Å². The summed E-state index contributed by atoms with van der Waals surface area (Å²) in [6.45, 7) is 1.88. The van der Waals surface area contributed by atoms with E-state index in [1.807, 2.05) is 13.0 Å². The van der Waals surface area contributed by atoms with Crippen LogP contribution in [0.15, 0.2) is 24.3 Å². The lowest BCUT2D eigenvalue weighted by Crippen LogP contribution is -1.99. The number of hydrogen-bond acceptors (Lipinski definition) is 3. The van der Waals surface area contributed by atoms with Gasteiger partial charge in [-0.15, -0.1) is 0 Å². The molecule has 0 spiro atoms. The normalized spacial score (nSPS) is 8.67. The van der Waals surface area contributed by atoms with Crippen LogP contribution in [0, 0.1) is 18.8 Å². The van der Waals surface area contributed by atoms with E-state index in [1.54, 1.807) is 18.2 Å². The van der Waals surface area contributed by atoms with Crippen LogP contribution in [0.25, 0.3) is 0 Å². The number of ketones is 1. The molecule has 1 rings (SSSR count). The standard InChI is InChI=1S/C12H10O3/c1-9-4-3-5-10(8-9)11(13)6-7-12(14)15-2/h3-5,8H,1-2H3. The molecule has 0 aliphatic carbocycles. The average molecular weight is 202 g/mol. The number of hydrogen-bond donors (Lipinski definition) is 0. The summed E-state index contributed by atoms with van der Waals surface area (Å²) >= 11 is 0. The molecule has 3 heteroatoms. The molecule has 0 aliphatic heterocycles. The van der Waals surface area contributed by atoms with Crippen molar-refractivity contribution < 1.29 is 14.3 Å². The lowest BCUT2D eigenvalue weighted by molar-refractivity contribution is -0.133. The number of Topliss-reactive ketones (excluding diaryl/α,β-unsaturated/α-hetero) is 1. The van der Waals surface area contributed by atoms with E-state index in [9.17, 15) is 9.59 Å². The first-order valence-electron chi connectivity index (χ1n) is 4.34. The first kappa shape index (κ1) is 11.0. The minimum absolute atomic E-state index is 0.385. The molecule has 0 N–H and O–H groups in total. The van der Waals surface area contributed by atoms with Crippen molar-refractivity contribution in [1.29, 1.82) is 0 Å². The van der Waals surface area contributed by atoms with Gasteiger partial charge in [0.25, 0.3) is 0 Å². The zero-order chi connectivity index (χ0) is 11.3. The highest BCUT2D eigenvalue weighted by Gasteiger charge is 2.02. The molecule has 0 aromatic heterocycles.